The smallest absolute Gasteiger partial charge is 0.00186 e. The van der Waals surface area contributed by atoms with Crippen molar-refractivity contribution < 1.29 is 0 Å². The molecule has 14 rings (SSSR count). The highest BCUT2D eigenvalue weighted by molar-refractivity contribution is 5.66. The first-order valence-corrected chi connectivity index (χ1v) is 25.4. The second kappa shape index (κ2) is 15.1. The third-order valence-corrected chi connectivity index (χ3v) is 19.8. The summed E-state index contributed by atoms with van der Waals surface area (Å²) in [6.45, 7) is 27.1. The van der Waals surface area contributed by atoms with Gasteiger partial charge in [0.1, 0.15) is 0 Å². The van der Waals surface area contributed by atoms with Crippen molar-refractivity contribution >= 4 is 36.5 Å². The summed E-state index contributed by atoms with van der Waals surface area (Å²) in [5.41, 5.74) is 15.9. The van der Waals surface area contributed by atoms with E-state index in [0.29, 0.717) is 0 Å². The van der Waals surface area contributed by atoms with E-state index in [9.17, 15) is 0 Å². The Hall–Kier alpha value is -6.24. The molecule has 0 N–H and O–H groups in total. The van der Waals surface area contributed by atoms with Gasteiger partial charge in [0.15, 0.2) is 0 Å². The summed E-state index contributed by atoms with van der Waals surface area (Å²) in [7, 11) is 0. The Morgan fingerprint density at radius 3 is 0.515 bits per heavy atom. The van der Waals surface area contributed by atoms with Crippen molar-refractivity contribution in [1.29, 1.82) is 0 Å². The van der Waals surface area contributed by atoms with Gasteiger partial charge < -0.3 is 0 Å². The van der Waals surface area contributed by atoms with Crippen LogP contribution in [0.4, 0.5) is 0 Å². The third kappa shape index (κ3) is 5.79. The van der Waals surface area contributed by atoms with E-state index in [4.69, 9.17) is 0 Å². The summed E-state index contributed by atoms with van der Waals surface area (Å²) in [4.78, 5) is 0. The molecule has 0 atom stereocenters. The second-order valence-electron chi connectivity index (χ2n) is 23.1. The zero-order chi connectivity index (χ0) is 46.6. The SMILES string of the molecule is C=Cc1ccccc1C12CC3(c4ccccc4C=C)CC(c4ccccc4C=C)(C1)CC(C14CC5(c6ccccc6C=C)CC(c6ccccc6C=C)(CC(c6ccccc6C=C)(C5)C1)C4)(C2)C3. The standard InChI is InChI=1S/C68H66/c1-7-49-25-13-19-31-55(49)61-37-62(56-32-20-14-26-50(56)8-2)39-63(38-61,57-33-21-15-27-51(57)9-3)45-67(43-61,44-62)68-46-64(58-34-22-16-28-52(58)10-4)40-65(47-68,59-35-23-17-29-53(59)11-5)42-66(41-64,48-68)60-36-24-18-30-54(60)12-6/h7-36H,1-6,37-48H2. The molecule has 0 spiro atoms. The fourth-order valence-electron chi connectivity index (χ4n) is 19.1. The normalized spacial score (nSPS) is 33.7. The van der Waals surface area contributed by atoms with Crippen LogP contribution in [0.2, 0.25) is 0 Å². The van der Waals surface area contributed by atoms with Crippen LogP contribution < -0.4 is 0 Å². The van der Waals surface area contributed by atoms with Gasteiger partial charge in [0.2, 0.25) is 0 Å². The van der Waals surface area contributed by atoms with Crippen LogP contribution in [0.15, 0.2) is 185 Å². The summed E-state index contributed by atoms with van der Waals surface area (Å²) >= 11 is 0. The summed E-state index contributed by atoms with van der Waals surface area (Å²) in [5, 5.41) is 0. The molecule has 0 nitrogen and oxygen atoms in total. The molecular formula is C68H66. The predicted octanol–water partition coefficient (Wildman–Crippen LogP) is 17.2. The van der Waals surface area contributed by atoms with Gasteiger partial charge >= 0.3 is 0 Å². The molecule has 338 valence electrons. The van der Waals surface area contributed by atoms with E-state index in [1.165, 1.54) is 105 Å². The molecule has 8 aliphatic rings. The number of rotatable bonds is 13. The van der Waals surface area contributed by atoms with Crippen LogP contribution >= 0.6 is 0 Å². The van der Waals surface area contributed by atoms with E-state index in [1.807, 2.05) is 0 Å². The van der Waals surface area contributed by atoms with Gasteiger partial charge in [-0.15, -0.1) is 0 Å². The van der Waals surface area contributed by atoms with Crippen LogP contribution in [0.25, 0.3) is 36.5 Å². The monoisotopic (exact) mass is 883 g/mol. The van der Waals surface area contributed by atoms with Gasteiger partial charge in [-0.1, -0.05) is 222 Å². The van der Waals surface area contributed by atoms with E-state index in [2.05, 4.69) is 222 Å². The molecule has 6 aromatic rings. The Labute approximate surface area is 406 Å². The van der Waals surface area contributed by atoms with Crippen molar-refractivity contribution in [3.8, 4) is 0 Å². The summed E-state index contributed by atoms with van der Waals surface area (Å²) in [5.74, 6) is 0. The van der Waals surface area contributed by atoms with E-state index in [0.717, 1.165) is 38.5 Å². The third-order valence-electron chi connectivity index (χ3n) is 19.8. The van der Waals surface area contributed by atoms with Crippen molar-refractivity contribution in [2.45, 2.75) is 110 Å². The summed E-state index contributed by atoms with van der Waals surface area (Å²) in [6, 6.07) is 56.3. The van der Waals surface area contributed by atoms with Gasteiger partial charge in [-0.25, -0.2) is 0 Å². The largest absolute Gasteiger partial charge is 0.0985 e. The number of hydrogen-bond donors (Lipinski definition) is 0. The van der Waals surface area contributed by atoms with Gasteiger partial charge in [0.05, 0.1) is 0 Å². The van der Waals surface area contributed by atoms with E-state index >= 15 is 0 Å². The molecule has 8 bridgehead atoms. The van der Waals surface area contributed by atoms with Crippen LogP contribution in [0, 0.1) is 10.8 Å². The topological polar surface area (TPSA) is 0 Å². The lowest BCUT2D eigenvalue weighted by Gasteiger charge is -2.81. The minimum Gasteiger partial charge on any atom is -0.0985 e. The lowest BCUT2D eigenvalue weighted by Crippen LogP contribution is -2.75. The van der Waals surface area contributed by atoms with E-state index in [-0.39, 0.29) is 43.3 Å². The van der Waals surface area contributed by atoms with Gasteiger partial charge in [0, 0.05) is 0 Å². The Morgan fingerprint density at radius 1 is 0.221 bits per heavy atom. The molecule has 68 heavy (non-hydrogen) atoms. The molecule has 0 unspecified atom stereocenters. The minimum absolute atomic E-state index is 0.0586. The fourth-order valence-corrected chi connectivity index (χ4v) is 19.1. The first-order chi connectivity index (χ1) is 33.1. The molecule has 0 aliphatic heterocycles. The summed E-state index contributed by atoms with van der Waals surface area (Å²) in [6.07, 6.45) is 26.6. The summed E-state index contributed by atoms with van der Waals surface area (Å²) < 4.78 is 0. The highest BCUT2D eigenvalue weighted by Gasteiger charge is 2.79. The van der Waals surface area contributed by atoms with Crippen molar-refractivity contribution in [1.82, 2.24) is 0 Å². The molecule has 0 heteroatoms. The average molecular weight is 883 g/mol. The first-order valence-electron chi connectivity index (χ1n) is 25.4. The molecule has 8 fully saturated rings. The quantitative estimate of drug-likeness (QED) is 0.108. The molecule has 8 aliphatic carbocycles. The number of hydrogen-bond acceptors (Lipinski definition) is 0. The van der Waals surface area contributed by atoms with Crippen LogP contribution in [0.3, 0.4) is 0 Å². The highest BCUT2D eigenvalue weighted by atomic mass is 14.8. The van der Waals surface area contributed by atoms with Gasteiger partial charge in [-0.2, -0.15) is 0 Å². The van der Waals surface area contributed by atoms with Crippen LogP contribution in [-0.4, -0.2) is 0 Å². The molecule has 6 aromatic carbocycles. The minimum atomic E-state index is -0.115. The fraction of sp³-hybridized carbons (Fsp3) is 0.294. The van der Waals surface area contributed by atoms with E-state index < -0.39 is 0 Å². The van der Waals surface area contributed by atoms with Crippen molar-refractivity contribution in [2.24, 2.45) is 10.8 Å². The zero-order valence-electron chi connectivity index (χ0n) is 40.0. The maximum Gasteiger partial charge on any atom is -0.00186 e. The maximum absolute atomic E-state index is 4.52. The van der Waals surface area contributed by atoms with Gasteiger partial charge in [0.25, 0.3) is 0 Å². The highest BCUT2D eigenvalue weighted by Crippen LogP contribution is 2.86. The van der Waals surface area contributed by atoms with Gasteiger partial charge in [-0.05, 0) is 187 Å². The Balaban J connectivity index is 1.23. The maximum atomic E-state index is 4.52. The van der Waals surface area contributed by atoms with Gasteiger partial charge in [-0.3, -0.25) is 0 Å². The molecular weight excluding hydrogens is 817 g/mol. The Kier molecular flexibility index (Phi) is 9.58. The van der Waals surface area contributed by atoms with Crippen LogP contribution in [0.1, 0.15) is 144 Å². The molecule has 0 amide bonds. The predicted molar refractivity (Wildman–Crippen MR) is 290 cm³/mol. The Morgan fingerprint density at radius 2 is 0.368 bits per heavy atom. The van der Waals surface area contributed by atoms with Crippen LogP contribution in [0.5, 0.6) is 0 Å². The molecule has 0 radical (unpaired) electrons. The average Bonchev–Trinajstić information content (AvgIpc) is 3.37. The first kappa shape index (κ1) is 43.1. The van der Waals surface area contributed by atoms with Crippen molar-refractivity contribution in [2.75, 3.05) is 0 Å². The second-order valence-corrected chi connectivity index (χ2v) is 23.1. The van der Waals surface area contributed by atoms with Crippen molar-refractivity contribution in [3.63, 3.8) is 0 Å². The molecule has 0 saturated heterocycles. The molecule has 0 heterocycles. The lowest BCUT2D eigenvalue weighted by molar-refractivity contribution is -0.237. The zero-order valence-corrected chi connectivity index (χ0v) is 40.0. The number of benzene rings is 6. The Bertz CT molecular complexity index is 2540. The molecule has 8 saturated carbocycles. The van der Waals surface area contributed by atoms with Crippen LogP contribution in [-0.2, 0) is 32.5 Å². The molecule has 0 aromatic heterocycles. The van der Waals surface area contributed by atoms with Crippen molar-refractivity contribution in [3.05, 3.63) is 252 Å². The lowest BCUT2D eigenvalue weighted by atomic mass is 9.22. The van der Waals surface area contributed by atoms with E-state index in [1.54, 1.807) is 0 Å².